The predicted octanol–water partition coefficient (Wildman–Crippen LogP) is 3.90. The highest BCUT2D eigenvalue weighted by Crippen LogP contribution is 2.33. The van der Waals surface area contributed by atoms with E-state index < -0.39 is 17.0 Å². The van der Waals surface area contributed by atoms with Crippen LogP contribution in [-0.4, -0.2) is 21.2 Å². The van der Waals surface area contributed by atoms with Crippen molar-refractivity contribution in [1.29, 1.82) is 0 Å². The minimum atomic E-state index is -1.05. The van der Waals surface area contributed by atoms with Crippen LogP contribution < -0.4 is 0 Å². The molecular weight excluding hydrogens is 342 g/mol. The van der Waals surface area contributed by atoms with Gasteiger partial charge in [-0.2, -0.15) is 0 Å². The lowest BCUT2D eigenvalue weighted by atomic mass is 10.0. The molecule has 0 fully saturated rings. The molecular formula is C18H15NO3S2. The van der Waals surface area contributed by atoms with E-state index in [1.54, 1.807) is 0 Å². The number of thiazole rings is 1. The van der Waals surface area contributed by atoms with E-state index in [-0.39, 0.29) is 6.42 Å². The van der Waals surface area contributed by atoms with Gasteiger partial charge in [-0.3, -0.25) is 9.59 Å². The first-order valence-corrected chi connectivity index (χ1v) is 8.68. The number of thiol groups is 1. The molecule has 0 aliphatic carbocycles. The topological polar surface area (TPSA) is 67.3 Å². The van der Waals surface area contributed by atoms with Crippen molar-refractivity contribution in [3.05, 3.63) is 64.7 Å². The Morgan fingerprint density at radius 1 is 1.12 bits per heavy atom. The molecule has 0 saturated carbocycles. The SMILES string of the molecule is O=C(S)CC(C(=O)O)c1nc2cccc(Cc3ccccc3)c2s1. The van der Waals surface area contributed by atoms with Crippen LogP contribution in [0, 0.1) is 0 Å². The number of aliphatic carboxylic acids is 1. The van der Waals surface area contributed by atoms with Gasteiger partial charge < -0.3 is 5.11 Å². The number of nitrogens with zero attached hydrogens (tertiary/aromatic N) is 1. The van der Waals surface area contributed by atoms with E-state index in [1.807, 2.05) is 36.4 Å². The summed E-state index contributed by atoms with van der Waals surface area (Å²) in [7, 11) is 0. The maximum atomic E-state index is 11.5. The van der Waals surface area contributed by atoms with Gasteiger partial charge in [0.2, 0.25) is 0 Å². The molecule has 1 aromatic heterocycles. The molecule has 0 spiro atoms. The van der Waals surface area contributed by atoms with Crippen LogP contribution in [0.3, 0.4) is 0 Å². The third-order valence-corrected chi connectivity index (χ3v) is 5.17. The second-order valence-electron chi connectivity index (χ2n) is 5.47. The Labute approximate surface area is 148 Å². The number of rotatable bonds is 6. The molecule has 3 aromatic rings. The van der Waals surface area contributed by atoms with Crippen LogP contribution in [0.25, 0.3) is 10.2 Å². The number of carbonyl (C=O) groups excluding carboxylic acids is 1. The van der Waals surface area contributed by atoms with Gasteiger partial charge in [-0.15, -0.1) is 24.0 Å². The summed E-state index contributed by atoms with van der Waals surface area (Å²) in [4.78, 5) is 27.1. The minimum absolute atomic E-state index is 0.160. The van der Waals surface area contributed by atoms with Crippen molar-refractivity contribution in [3.63, 3.8) is 0 Å². The molecule has 1 unspecified atom stereocenters. The smallest absolute Gasteiger partial charge is 0.313 e. The summed E-state index contributed by atoms with van der Waals surface area (Å²) in [5.74, 6) is -2.00. The molecule has 0 aliphatic heterocycles. The molecule has 1 heterocycles. The lowest BCUT2D eigenvalue weighted by Gasteiger charge is -2.05. The van der Waals surface area contributed by atoms with Gasteiger partial charge in [0.25, 0.3) is 0 Å². The Kier molecular flexibility index (Phi) is 4.97. The van der Waals surface area contributed by atoms with Crippen LogP contribution in [0.4, 0.5) is 0 Å². The van der Waals surface area contributed by atoms with Gasteiger partial charge in [0, 0.05) is 6.42 Å². The van der Waals surface area contributed by atoms with Crippen molar-refractivity contribution in [2.75, 3.05) is 0 Å². The second kappa shape index (κ2) is 7.15. The van der Waals surface area contributed by atoms with Crippen LogP contribution in [0.2, 0.25) is 0 Å². The van der Waals surface area contributed by atoms with Gasteiger partial charge in [-0.05, 0) is 23.6 Å². The number of carboxylic acids is 1. The quantitative estimate of drug-likeness (QED) is 0.657. The number of aromatic nitrogens is 1. The molecule has 24 heavy (non-hydrogen) atoms. The summed E-state index contributed by atoms with van der Waals surface area (Å²) in [6, 6.07) is 15.9. The summed E-state index contributed by atoms with van der Waals surface area (Å²) in [5, 5.41) is 9.38. The zero-order valence-corrected chi connectivity index (χ0v) is 14.4. The first kappa shape index (κ1) is 16.7. The number of benzene rings is 2. The fraction of sp³-hybridized carbons (Fsp3) is 0.167. The Bertz CT molecular complexity index is 890. The molecule has 0 radical (unpaired) electrons. The first-order valence-electron chi connectivity index (χ1n) is 7.41. The second-order valence-corrected chi connectivity index (χ2v) is 7.00. The van der Waals surface area contributed by atoms with Crippen molar-refractivity contribution in [1.82, 2.24) is 4.98 Å². The predicted molar refractivity (Wildman–Crippen MR) is 97.9 cm³/mol. The third kappa shape index (κ3) is 3.66. The Morgan fingerprint density at radius 2 is 1.88 bits per heavy atom. The number of carboxylic acid groups (broad SMARTS) is 1. The van der Waals surface area contributed by atoms with Crippen LogP contribution in [-0.2, 0) is 16.0 Å². The van der Waals surface area contributed by atoms with E-state index >= 15 is 0 Å². The minimum Gasteiger partial charge on any atom is -0.481 e. The molecule has 0 amide bonds. The maximum Gasteiger partial charge on any atom is 0.313 e. The highest BCUT2D eigenvalue weighted by molar-refractivity contribution is 7.96. The molecule has 1 atom stereocenters. The fourth-order valence-corrected chi connectivity index (χ4v) is 3.93. The van der Waals surface area contributed by atoms with Gasteiger partial charge in [-0.1, -0.05) is 42.5 Å². The van der Waals surface area contributed by atoms with Gasteiger partial charge in [0.05, 0.1) is 10.2 Å². The lowest BCUT2D eigenvalue weighted by molar-refractivity contribution is -0.139. The Morgan fingerprint density at radius 3 is 2.54 bits per heavy atom. The normalized spacial score (nSPS) is 12.2. The van der Waals surface area contributed by atoms with Crippen LogP contribution in [0.15, 0.2) is 48.5 Å². The maximum absolute atomic E-state index is 11.5. The van der Waals surface area contributed by atoms with E-state index in [0.29, 0.717) is 5.01 Å². The summed E-state index contributed by atoms with van der Waals surface area (Å²) >= 11 is 5.05. The van der Waals surface area contributed by atoms with E-state index in [9.17, 15) is 14.7 Å². The van der Waals surface area contributed by atoms with Crippen LogP contribution >= 0.6 is 24.0 Å². The number of fused-ring (bicyclic) bond motifs is 1. The van der Waals surface area contributed by atoms with Crippen molar-refractivity contribution >= 4 is 45.3 Å². The number of hydrogen-bond donors (Lipinski definition) is 2. The molecule has 1 N–H and O–H groups in total. The molecule has 3 rings (SSSR count). The molecule has 6 heteroatoms. The first-order chi connectivity index (χ1) is 11.5. The summed E-state index contributed by atoms with van der Waals surface area (Å²) in [5.41, 5.74) is 3.05. The van der Waals surface area contributed by atoms with Gasteiger partial charge in [-0.25, -0.2) is 4.98 Å². The average Bonchev–Trinajstić information content (AvgIpc) is 2.98. The number of hydrogen-bond acceptors (Lipinski definition) is 4. The summed E-state index contributed by atoms with van der Waals surface area (Å²) in [6.07, 6.45) is 0.593. The average molecular weight is 357 g/mol. The van der Waals surface area contributed by atoms with Crippen molar-refractivity contribution in [2.24, 2.45) is 0 Å². The molecule has 0 bridgehead atoms. The van der Waals surface area contributed by atoms with Crippen LogP contribution in [0.1, 0.15) is 28.5 Å². The standard InChI is InChI=1S/C18H15NO3S2/c20-15(23)10-13(18(21)22)17-19-14-8-4-7-12(16(14)24-17)9-11-5-2-1-3-6-11/h1-8,13H,9-10H2,(H,20,23)(H,21,22). The third-order valence-electron chi connectivity index (χ3n) is 3.73. The van der Waals surface area contributed by atoms with Gasteiger partial charge >= 0.3 is 5.97 Å². The van der Waals surface area contributed by atoms with Crippen molar-refractivity contribution in [3.8, 4) is 0 Å². The molecule has 4 nitrogen and oxygen atoms in total. The molecule has 122 valence electrons. The Hall–Kier alpha value is -2.18. The van der Waals surface area contributed by atoms with Crippen molar-refractivity contribution in [2.45, 2.75) is 18.8 Å². The van der Waals surface area contributed by atoms with Gasteiger partial charge in [0.15, 0.2) is 5.12 Å². The zero-order valence-electron chi connectivity index (χ0n) is 12.7. The summed E-state index contributed by atoms with van der Waals surface area (Å²) < 4.78 is 0.967. The summed E-state index contributed by atoms with van der Waals surface area (Å²) in [6.45, 7) is 0. The largest absolute Gasteiger partial charge is 0.481 e. The Balaban J connectivity index is 2.00. The molecule has 2 aromatic carbocycles. The fourth-order valence-electron chi connectivity index (χ4n) is 2.58. The van der Waals surface area contributed by atoms with E-state index in [0.717, 1.165) is 22.2 Å². The highest BCUT2D eigenvalue weighted by Gasteiger charge is 2.26. The highest BCUT2D eigenvalue weighted by atomic mass is 32.1. The zero-order chi connectivity index (χ0) is 17.1. The van der Waals surface area contributed by atoms with Crippen LogP contribution in [0.5, 0.6) is 0 Å². The van der Waals surface area contributed by atoms with E-state index in [2.05, 4.69) is 29.7 Å². The van der Waals surface area contributed by atoms with Crippen molar-refractivity contribution < 1.29 is 14.7 Å². The lowest BCUT2D eigenvalue weighted by Crippen LogP contribution is -2.13. The number of carbonyl (C=O) groups is 2. The molecule has 0 aliphatic rings. The van der Waals surface area contributed by atoms with Gasteiger partial charge in [0.1, 0.15) is 10.9 Å². The monoisotopic (exact) mass is 357 g/mol. The van der Waals surface area contributed by atoms with E-state index in [4.69, 9.17) is 0 Å². The van der Waals surface area contributed by atoms with E-state index in [1.165, 1.54) is 16.9 Å². The molecule has 0 saturated heterocycles.